The van der Waals surface area contributed by atoms with Gasteiger partial charge in [-0.2, -0.15) is 0 Å². The van der Waals surface area contributed by atoms with Gasteiger partial charge in [0.2, 0.25) is 8.07 Å². The maximum absolute atomic E-state index is 4.97. The fourth-order valence-corrected chi connectivity index (χ4v) is 10.0. The van der Waals surface area contributed by atoms with Gasteiger partial charge in [0.05, 0.1) is 5.52 Å². The Morgan fingerprint density at radius 1 is 0.432 bits per heavy atom. The van der Waals surface area contributed by atoms with E-state index >= 15 is 0 Å². The van der Waals surface area contributed by atoms with Crippen molar-refractivity contribution in [1.29, 1.82) is 0 Å². The summed E-state index contributed by atoms with van der Waals surface area (Å²) in [6, 6.07) is 37.9. The largest absolute Gasteiger partial charge is 0.265 e. The van der Waals surface area contributed by atoms with E-state index in [1.165, 1.54) is 21.3 Å². The lowest BCUT2D eigenvalue weighted by molar-refractivity contribution is 1.32. The first-order chi connectivity index (χ1) is 18.4. The molecule has 4 heterocycles. The van der Waals surface area contributed by atoms with E-state index in [4.69, 9.17) is 19.9 Å². The molecule has 0 amide bonds. The van der Waals surface area contributed by atoms with E-state index in [1.807, 2.05) is 49.1 Å². The van der Waals surface area contributed by atoms with Crippen molar-refractivity contribution in [3.8, 4) is 0 Å². The van der Waals surface area contributed by atoms with Gasteiger partial charge in [-0.1, -0.05) is 66.7 Å². The summed E-state index contributed by atoms with van der Waals surface area (Å²) < 4.78 is 0. The number of para-hydroxylation sites is 1. The quantitative estimate of drug-likeness (QED) is 0.275. The Morgan fingerprint density at radius 2 is 1.03 bits per heavy atom. The van der Waals surface area contributed by atoms with E-state index in [0.717, 1.165) is 32.2 Å². The number of pyridine rings is 4. The third-order valence-corrected chi connectivity index (χ3v) is 11.6. The number of hydrogen-bond acceptors (Lipinski definition) is 4. The van der Waals surface area contributed by atoms with Crippen LogP contribution < -0.4 is 21.1 Å². The van der Waals surface area contributed by atoms with Gasteiger partial charge >= 0.3 is 0 Å². The topological polar surface area (TPSA) is 51.6 Å². The Morgan fingerprint density at radius 3 is 1.65 bits per heavy atom. The molecule has 5 heteroatoms. The number of rotatable bonds is 4. The third kappa shape index (κ3) is 3.28. The van der Waals surface area contributed by atoms with Crippen molar-refractivity contribution in [3.63, 3.8) is 0 Å². The second-order valence-electron chi connectivity index (χ2n) is 9.10. The molecule has 0 saturated carbocycles. The fraction of sp³-hybridized carbons (Fsp3) is 0. The smallest absolute Gasteiger partial charge is 0.244 e. The van der Waals surface area contributed by atoms with Crippen LogP contribution in [0.5, 0.6) is 0 Å². The standard InChI is InChI=1S/C32H22N4Si/c1-2-12-27-26(10-1)32-23(22-36-27)17-18-24-25(32)11-9-13-28(24)37(29-14-3-6-19-33-29,30-15-4-7-20-34-30)31-16-5-8-21-35-31/h1-22H. The van der Waals surface area contributed by atoms with Gasteiger partial charge in [-0.05, 0) is 58.4 Å². The molecule has 37 heavy (non-hydrogen) atoms. The lowest BCUT2D eigenvalue weighted by Crippen LogP contribution is -2.77. The van der Waals surface area contributed by atoms with Crippen LogP contribution >= 0.6 is 0 Å². The van der Waals surface area contributed by atoms with E-state index in [-0.39, 0.29) is 0 Å². The number of fused-ring (bicyclic) bond motifs is 5. The molecule has 174 valence electrons. The van der Waals surface area contributed by atoms with Crippen LogP contribution in [-0.2, 0) is 0 Å². The first-order valence-electron chi connectivity index (χ1n) is 12.3. The van der Waals surface area contributed by atoms with Crippen molar-refractivity contribution in [1.82, 2.24) is 19.9 Å². The van der Waals surface area contributed by atoms with Gasteiger partial charge in [0.1, 0.15) is 0 Å². The van der Waals surface area contributed by atoms with Crippen LogP contribution in [0.3, 0.4) is 0 Å². The Bertz CT molecular complexity index is 1780. The summed E-state index contributed by atoms with van der Waals surface area (Å²) in [4.78, 5) is 19.6. The van der Waals surface area contributed by atoms with Gasteiger partial charge in [0.15, 0.2) is 0 Å². The molecule has 0 bridgehead atoms. The second kappa shape index (κ2) is 8.73. The van der Waals surface area contributed by atoms with Gasteiger partial charge in [-0.25, -0.2) is 0 Å². The average Bonchev–Trinajstić information content (AvgIpc) is 2.99. The molecule has 0 aliphatic carbocycles. The molecule has 4 nitrogen and oxygen atoms in total. The second-order valence-corrected chi connectivity index (χ2v) is 12.7. The van der Waals surface area contributed by atoms with Crippen molar-refractivity contribution in [2.24, 2.45) is 0 Å². The van der Waals surface area contributed by atoms with Crippen LogP contribution in [0.2, 0.25) is 0 Å². The highest BCUT2D eigenvalue weighted by molar-refractivity contribution is 7.19. The molecule has 0 atom stereocenters. The van der Waals surface area contributed by atoms with Crippen molar-refractivity contribution in [2.75, 3.05) is 0 Å². The molecule has 0 aliphatic heterocycles. The lowest BCUT2D eigenvalue weighted by atomic mass is 9.99. The minimum absolute atomic E-state index is 0.996. The highest BCUT2D eigenvalue weighted by atomic mass is 28.3. The maximum atomic E-state index is 4.97. The van der Waals surface area contributed by atoms with Gasteiger partial charge in [0, 0.05) is 56.9 Å². The van der Waals surface area contributed by atoms with Gasteiger partial charge in [-0.15, -0.1) is 0 Å². The van der Waals surface area contributed by atoms with Gasteiger partial charge < -0.3 is 0 Å². The molecule has 3 aromatic carbocycles. The molecular weight excluding hydrogens is 468 g/mol. The average molecular weight is 491 g/mol. The monoisotopic (exact) mass is 490 g/mol. The van der Waals surface area contributed by atoms with Crippen LogP contribution in [-0.4, -0.2) is 28.0 Å². The van der Waals surface area contributed by atoms with Crippen LogP contribution in [0.25, 0.3) is 32.4 Å². The maximum Gasteiger partial charge on any atom is 0.244 e. The Labute approximate surface area is 215 Å². The van der Waals surface area contributed by atoms with Gasteiger partial charge in [0.25, 0.3) is 0 Å². The molecule has 0 radical (unpaired) electrons. The van der Waals surface area contributed by atoms with Crippen LogP contribution in [0.4, 0.5) is 0 Å². The Balaban J connectivity index is 1.69. The summed E-state index contributed by atoms with van der Waals surface area (Å²) in [6.45, 7) is 0. The zero-order valence-electron chi connectivity index (χ0n) is 20.0. The van der Waals surface area contributed by atoms with Crippen molar-refractivity contribution in [2.45, 2.75) is 0 Å². The molecule has 0 aliphatic rings. The van der Waals surface area contributed by atoms with E-state index < -0.39 is 8.07 Å². The summed E-state index contributed by atoms with van der Waals surface area (Å²) in [7, 11) is -2.97. The van der Waals surface area contributed by atoms with Crippen molar-refractivity contribution in [3.05, 3.63) is 134 Å². The Kier molecular flexibility index (Phi) is 5.08. The van der Waals surface area contributed by atoms with E-state index in [1.54, 1.807) is 0 Å². The highest BCUT2D eigenvalue weighted by Crippen LogP contribution is 2.31. The number of hydrogen-bond donors (Lipinski definition) is 0. The van der Waals surface area contributed by atoms with E-state index in [9.17, 15) is 0 Å². The van der Waals surface area contributed by atoms with Crippen molar-refractivity contribution >= 4 is 61.7 Å². The number of nitrogens with zero attached hydrogens (tertiary/aromatic N) is 4. The normalized spacial score (nSPS) is 11.8. The van der Waals surface area contributed by atoms with Crippen molar-refractivity contribution < 1.29 is 0 Å². The predicted molar refractivity (Wildman–Crippen MR) is 154 cm³/mol. The molecule has 4 aromatic heterocycles. The molecule has 7 rings (SSSR count). The summed E-state index contributed by atoms with van der Waals surface area (Å²) in [5, 5.41) is 10.2. The van der Waals surface area contributed by atoms with Crippen LogP contribution in [0.1, 0.15) is 0 Å². The number of aromatic nitrogens is 4. The minimum atomic E-state index is -2.97. The SMILES string of the molecule is c1ccc([Si](c2ccccn2)(c2ccccn2)c2cccc3c2ccc2cnc4ccccc4c23)nc1. The first kappa shape index (κ1) is 21.5. The van der Waals surface area contributed by atoms with Gasteiger partial charge in [-0.3, -0.25) is 19.9 Å². The van der Waals surface area contributed by atoms with Crippen LogP contribution in [0, 0.1) is 0 Å². The molecular formula is C32H22N4Si. The van der Waals surface area contributed by atoms with E-state index in [0.29, 0.717) is 0 Å². The van der Waals surface area contributed by atoms with E-state index in [2.05, 4.69) is 84.9 Å². The molecule has 0 saturated heterocycles. The lowest BCUT2D eigenvalue weighted by Gasteiger charge is -2.32. The summed E-state index contributed by atoms with van der Waals surface area (Å²) in [6.07, 6.45) is 7.61. The third-order valence-electron chi connectivity index (χ3n) is 7.16. The molecule has 0 spiro atoms. The minimum Gasteiger partial charge on any atom is -0.265 e. The number of benzene rings is 3. The zero-order valence-corrected chi connectivity index (χ0v) is 21.0. The predicted octanol–water partition coefficient (Wildman–Crippen LogP) is 4.10. The summed E-state index contributed by atoms with van der Waals surface area (Å²) in [5.74, 6) is 0. The molecule has 0 fully saturated rings. The zero-order chi connectivity index (χ0) is 24.7. The molecule has 7 aromatic rings. The molecule has 0 N–H and O–H groups in total. The first-order valence-corrected chi connectivity index (χ1v) is 14.3. The summed E-state index contributed by atoms with van der Waals surface area (Å²) >= 11 is 0. The summed E-state index contributed by atoms with van der Waals surface area (Å²) in [5.41, 5.74) is 0.996. The Hall–Kier alpha value is -4.74. The highest BCUT2D eigenvalue weighted by Gasteiger charge is 2.46. The molecule has 0 unspecified atom stereocenters. The fourth-order valence-electron chi connectivity index (χ4n) is 5.61. The van der Waals surface area contributed by atoms with Crippen LogP contribution in [0.15, 0.2) is 134 Å².